The summed E-state index contributed by atoms with van der Waals surface area (Å²) >= 11 is 15.6. The van der Waals surface area contributed by atoms with Gasteiger partial charge in [-0.3, -0.25) is 0 Å². The SMILES string of the molecule is CCNc1nc(Oc2ccc(C)cc2Br)c(Cl)cc1Cl. The van der Waals surface area contributed by atoms with Gasteiger partial charge >= 0.3 is 0 Å². The molecule has 6 heteroatoms. The molecule has 2 aromatic rings. The summed E-state index contributed by atoms with van der Waals surface area (Å²) in [6.45, 7) is 4.68. The molecular weight excluding hydrogens is 363 g/mol. The van der Waals surface area contributed by atoms with Gasteiger partial charge in [0.25, 0.3) is 0 Å². The van der Waals surface area contributed by atoms with Crippen molar-refractivity contribution in [2.75, 3.05) is 11.9 Å². The number of rotatable bonds is 4. The standard InChI is InChI=1S/C14H13BrCl2N2O/c1-3-18-13-10(16)7-11(17)14(19-13)20-12-5-4-8(2)6-9(12)15/h4-7H,3H2,1-2H3,(H,18,19). The number of pyridine rings is 1. The van der Waals surface area contributed by atoms with Crippen molar-refractivity contribution in [1.82, 2.24) is 4.98 Å². The van der Waals surface area contributed by atoms with E-state index in [1.54, 1.807) is 6.07 Å². The lowest BCUT2D eigenvalue weighted by Crippen LogP contribution is -2.01. The molecule has 0 aliphatic rings. The summed E-state index contributed by atoms with van der Waals surface area (Å²) in [5, 5.41) is 3.89. The summed E-state index contributed by atoms with van der Waals surface area (Å²) in [6, 6.07) is 7.39. The molecule has 20 heavy (non-hydrogen) atoms. The van der Waals surface area contributed by atoms with E-state index in [2.05, 4.69) is 26.2 Å². The van der Waals surface area contributed by atoms with E-state index in [1.165, 1.54) is 0 Å². The zero-order valence-corrected chi connectivity index (χ0v) is 14.1. The summed E-state index contributed by atoms with van der Waals surface area (Å²) in [5.41, 5.74) is 1.13. The van der Waals surface area contributed by atoms with Crippen molar-refractivity contribution in [2.45, 2.75) is 13.8 Å². The Balaban J connectivity index is 2.35. The Morgan fingerprint density at radius 1 is 1.25 bits per heavy atom. The smallest absolute Gasteiger partial charge is 0.240 e. The Labute approximate surface area is 136 Å². The number of benzene rings is 1. The van der Waals surface area contributed by atoms with Crippen LogP contribution < -0.4 is 10.1 Å². The molecule has 106 valence electrons. The number of ether oxygens (including phenoxy) is 1. The first-order valence-electron chi connectivity index (χ1n) is 6.05. The van der Waals surface area contributed by atoms with E-state index >= 15 is 0 Å². The highest BCUT2D eigenvalue weighted by Gasteiger charge is 2.12. The van der Waals surface area contributed by atoms with Gasteiger partial charge < -0.3 is 10.1 Å². The van der Waals surface area contributed by atoms with E-state index in [4.69, 9.17) is 27.9 Å². The zero-order valence-electron chi connectivity index (χ0n) is 11.0. The molecule has 0 atom stereocenters. The maximum absolute atomic E-state index is 6.12. The molecule has 0 saturated carbocycles. The van der Waals surface area contributed by atoms with E-state index in [0.29, 0.717) is 34.0 Å². The summed E-state index contributed by atoms with van der Waals surface area (Å²) in [5.74, 6) is 1.52. The second kappa shape index (κ2) is 6.66. The second-order valence-electron chi connectivity index (χ2n) is 4.17. The summed E-state index contributed by atoms with van der Waals surface area (Å²) in [4.78, 5) is 4.30. The Kier molecular flexibility index (Phi) is 5.13. The van der Waals surface area contributed by atoms with Gasteiger partial charge in [0, 0.05) is 6.54 Å². The Bertz CT molecular complexity index is 635. The lowest BCUT2D eigenvalue weighted by atomic mass is 10.2. The van der Waals surface area contributed by atoms with E-state index in [1.807, 2.05) is 32.0 Å². The third kappa shape index (κ3) is 3.57. The van der Waals surface area contributed by atoms with Crippen molar-refractivity contribution in [2.24, 2.45) is 0 Å². The minimum absolute atomic E-state index is 0.316. The normalized spacial score (nSPS) is 10.4. The molecule has 1 N–H and O–H groups in total. The first-order chi connectivity index (χ1) is 9.51. The Hall–Kier alpha value is -0.970. The third-order valence-electron chi connectivity index (χ3n) is 2.54. The quantitative estimate of drug-likeness (QED) is 0.745. The summed E-state index contributed by atoms with van der Waals surface area (Å²) in [6.07, 6.45) is 0. The minimum atomic E-state index is 0.316. The molecule has 0 spiro atoms. The van der Waals surface area contributed by atoms with Crippen molar-refractivity contribution in [3.63, 3.8) is 0 Å². The van der Waals surface area contributed by atoms with Crippen LogP contribution in [0.25, 0.3) is 0 Å². The maximum Gasteiger partial charge on any atom is 0.240 e. The van der Waals surface area contributed by atoms with Crippen molar-refractivity contribution < 1.29 is 4.74 Å². The molecule has 0 saturated heterocycles. The third-order valence-corrected chi connectivity index (χ3v) is 3.71. The van der Waals surface area contributed by atoms with Crippen LogP contribution in [-0.4, -0.2) is 11.5 Å². The fraction of sp³-hybridized carbons (Fsp3) is 0.214. The van der Waals surface area contributed by atoms with Gasteiger partial charge in [-0.2, -0.15) is 4.98 Å². The Morgan fingerprint density at radius 2 is 2.00 bits per heavy atom. The number of aromatic nitrogens is 1. The second-order valence-corrected chi connectivity index (χ2v) is 5.84. The van der Waals surface area contributed by atoms with Crippen LogP contribution in [-0.2, 0) is 0 Å². The zero-order chi connectivity index (χ0) is 14.7. The van der Waals surface area contributed by atoms with E-state index in [-0.39, 0.29) is 0 Å². The number of aryl methyl sites for hydroxylation is 1. The highest BCUT2D eigenvalue weighted by molar-refractivity contribution is 9.10. The fourth-order valence-corrected chi connectivity index (χ4v) is 2.64. The molecule has 1 aromatic carbocycles. The van der Waals surface area contributed by atoms with Crippen LogP contribution in [0, 0.1) is 6.92 Å². The molecule has 0 aliphatic carbocycles. The van der Waals surface area contributed by atoms with Crippen LogP contribution in [0.1, 0.15) is 12.5 Å². The lowest BCUT2D eigenvalue weighted by Gasteiger charge is -2.12. The minimum Gasteiger partial charge on any atom is -0.436 e. The van der Waals surface area contributed by atoms with Crippen LogP contribution in [0.4, 0.5) is 5.82 Å². The number of nitrogens with one attached hydrogen (secondary N) is 1. The van der Waals surface area contributed by atoms with Crippen LogP contribution in [0.3, 0.4) is 0 Å². The molecule has 0 unspecified atom stereocenters. The molecule has 0 radical (unpaired) electrons. The molecule has 2 rings (SSSR count). The van der Waals surface area contributed by atoms with Gasteiger partial charge in [-0.1, -0.05) is 29.3 Å². The highest BCUT2D eigenvalue weighted by Crippen LogP contribution is 2.36. The van der Waals surface area contributed by atoms with Gasteiger partial charge in [0.15, 0.2) is 0 Å². The summed E-state index contributed by atoms with van der Waals surface area (Å²) in [7, 11) is 0. The highest BCUT2D eigenvalue weighted by atomic mass is 79.9. The number of hydrogen-bond acceptors (Lipinski definition) is 3. The molecule has 0 aliphatic heterocycles. The summed E-state index contributed by atoms with van der Waals surface area (Å²) < 4.78 is 6.59. The van der Waals surface area contributed by atoms with Crippen LogP contribution in [0.2, 0.25) is 10.0 Å². The maximum atomic E-state index is 6.12. The van der Waals surface area contributed by atoms with Crippen LogP contribution in [0.5, 0.6) is 11.6 Å². The van der Waals surface area contributed by atoms with Crippen molar-refractivity contribution in [3.05, 3.63) is 44.3 Å². The van der Waals surface area contributed by atoms with Gasteiger partial charge in [-0.25, -0.2) is 0 Å². The average molecular weight is 376 g/mol. The monoisotopic (exact) mass is 374 g/mol. The first-order valence-corrected chi connectivity index (χ1v) is 7.60. The van der Waals surface area contributed by atoms with Gasteiger partial charge in [-0.05, 0) is 53.5 Å². The topological polar surface area (TPSA) is 34.2 Å². The van der Waals surface area contributed by atoms with Crippen molar-refractivity contribution in [1.29, 1.82) is 0 Å². The van der Waals surface area contributed by atoms with Crippen LogP contribution >= 0.6 is 39.1 Å². The van der Waals surface area contributed by atoms with Crippen molar-refractivity contribution >= 4 is 44.9 Å². The predicted molar refractivity (Wildman–Crippen MR) is 87.4 cm³/mol. The van der Waals surface area contributed by atoms with Crippen LogP contribution in [0.15, 0.2) is 28.7 Å². The average Bonchev–Trinajstić information content (AvgIpc) is 2.38. The van der Waals surface area contributed by atoms with Gasteiger partial charge in [-0.15, -0.1) is 0 Å². The van der Waals surface area contributed by atoms with Gasteiger partial charge in [0.1, 0.15) is 16.6 Å². The van der Waals surface area contributed by atoms with Gasteiger partial charge in [0.05, 0.1) is 9.50 Å². The molecule has 0 amide bonds. The molecular formula is C14H13BrCl2N2O. The molecule has 1 heterocycles. The van der Waals surface area contributed by atoms with E-state index in [0.717, 1.165) is 10.0 Å². The fourth-order valence-electron chi connectivity index (χ4n) is 1.61. The predicted octanol–water partition coefficient (Wildman–Crippen LogP) is 5.68. The largest absolute Gasteiger partial charge is 0.436 e. The number of hydrogen-bond donors (Lipinski definition) is 1. The molecule has 1 aromatic heterocycles. The Morgan fingerprint density at radius 3 is 2.65 bits per heavy atom. The molecule has 0 bridgehead atoms. The number of nitrogens with zero attached hydrogens (tertiary/aromatic N) is 1. The lowest BCUT2D eigenvalue weighted by molar-refractivity contribution is 0.461. The van der Waals surface area contributed by atoms with Gasteiger partial charge in [0.2, 0.25) is 5.88 Å². The first kappa shape index (κ1) is 15.4. The molecule has 0 fully saturated rings. The number of anilines is 1. The van der Waals surface area contributed by atoms with E-state index < -0.39 is 0 Å². The van der Waals surface area contributed by atoms with E-state index in [9.17, 15) is 0 Å². The molecule has 3 nitrogen and oxygen atoms in total. The number of halogens is 3. The van der Waals surface area contributed by atoms with Crippen molar-refractivity contribution in [3.8, 4) is 11.6 Å².